The third-order valence-electron chi connectivity index (χ3n) is 12.1. The van der Waals surface area contributed by atoms with Crippen LogP contribution in [0.3, 0.4) is 0 Å². The molecule has 0 unspecified atom stereocenters. The van der Waals surface area contributed by atoms with Crippen LogP contribution in [0.25, 0.3) is 0 Å². The molecule has 4 amide bonds. The quantitative estimate of drug-likeness (QED) is 0.0608. The Labute approximate surface area is 416 Å². The van der Waals surface area contributed by atoms with E-state index in [1.165, 1.54) is 0 Å². The molecule has 0 radical (unpaired) electrons. The molecule has 4 aromatic heterocycles. The number of nitrogens with zero attached hydrogens (tertiary/aromatic N) is 10. The Balaban J connectivity index is 1.23. The maximum Gasteiger partial charge on any atom is 0.234 e. The van der Waals surface area contributed by atoms with Crippen LogP contribution in [-0.4, -0.2) is 191 Å². The lowest BCUT2D eigenvalue weighted by molar-refractivity contribution is -0.125. The fourth-order valence-corrected chi connectivity index (χ4v) is 8.07. The summed E-state index contributed by atoms with van der Waals surface area (Å²) < 4.78 is 0. The highest BCUT2D eigenvalue weighted by molar-refractivity contribution is 5.79. The van der Waals surface area contributed by atoms with Gasteiger partial charge in [-0.1, -0.05) is 51.0 Å². The van der Waals surface area contributed by atoms with E-state index in [4.69, 9.17) is 0 Å². The van der Waals surface area contributed by atoms with Crippen molar-refractivity contribution in [2.24, 2.45) is 0 Å². The molecule has 0 saturated carbocycles. The van der Waals surface area contributed by atoms with Crippen LogP contribution in [0, 0.1) is 0 Å². The van der Waals surface area contributed by atoms with Gasteiger partial charge in [0.2, 0.25) is 23.6 Å². The van der Waals surface area contributed by atoms with Crippen LogP contribution in [0.1, 0.15) is 62.3 Å². The molecule has 0 atom stereocenters. The summed E-state index contributed by atoms with van der Waals surface area (Å²) in [7, 11) is 0. The van der Waals surface area contributed by atoms with Gasteiger partial charge in [-0.3, -0.25) is 68.5 Å². The first-order valence-corrected chi connectivity index (χ1v) is 25.2. The van der Waals surface area contributed by atoms with E-state index in [0.717, 1.165) is 48.5 Å². The molecule has 1 aliphatic rings. The molecule has 1 aliphatic heterocycles. The first kappa shape index (κ1) is 55.2. The Hall–Kier alpha value is -5.76. The molecule has 5 heterocycles. The number of hydrogen-bond acceptors (Lipinski definition) is 14. The number of rotatable bonds is 28. The lowest BCUT2D eigenvalue weighted by Gasteiger charge is -2.33. The Bertz CT molecular complexity index is 1810. The Morgan fingerprint density at radius 3 is 0.900 bits per heavy atom. The van der Waals surface area contributed by atoms with Crippen LogP contribution in [0.4, 0.5) is 0 Å². The summed E-state index contributed by atoms with van der Waals surface area (Å²) in [5.74, 6) is -0.277. The van der Waals surface area contributed by atoms with E-state index in [0.29, 0.717) is 118 Å². The van der Waals surface area contributed by atoms with Gasteiger partial charge in [-0.05, 0) is 61.4 Å². The third kappa shape index (κ3) is 23.2. The van der Waals surface area contributed by atoms with Crippen molar-refractivity contribution in [1.82, 2.24) is 70.6 Å². The van der Waals surface area contributed by atoms with Gasteiger partial charge in [0.1, 0.15) is 0 Å². The van der Waals surface area contributed by atoms with E-state index < -0.39 is 0 Å². The van der Waals surface area contributed by atoms with Crippen LogP contribution in [0.2, 0.25) is 0 Å². The van der Waals surface area contributed by atoms with E-state index in [1.807, 2.05) is 72.8 Å². The molecule has 0 aliphatic carbocycles. The molecule has 0 aromatic carbocycles. The number of carbonyl (C=O) groups is 4. The van der Waals surface area contributed by atoms with E-state index in [1.54, 1.807) is 24.8 Å². The predicted molar refractivity (Wildman–Crippen MR) is 273 cm³/mol. The Morgan fingerprint density at radius 2 is 0.671 bits per heavy atom. The zero-order valence-electron chi connectivity index (χ0n) is 41.7. The van der Waals surface area contributed by atoms with Gasteiger partial charge in [-0.15, -0.1) is 0 Å². The van der Waals surface area contributed by atoms with Gasteiger partial charge in [0.15, 0.2) is 0 Å². The highest BCUT2D eigenvalue weighted by Crippen LogP contribution is 2.09. The maximum absolute atomic E-state index is 13.7. The number of hydrogen-bond donors (Lipinski definition) is 4. The van der Waals surface area contributed by atoms with Crippen LogP contribution in [0.5, 0.6) is 0 Å². The molecule has 5 rings (SSSR count). The SMILES string of the molecule is CCCCNC(=O)CN1CCN(CC(=O)NCCN(Cc2ccccn2)Cc2ccccn2)CCN(CC(=O)NCCCC)CCN(CC(=O)NCCN(Cc2ccccn2)Cc2ccccn2)CC1. The van der Waals surface area contributed by atoms with Crippen molar-refractivity contribution in [1.29, 1.82) is 0 Å². The average Bonchev–Trinajstić information content (AvgIpc) is 3.36. The average molecular weight is 963 g/mol. The van der Waals surface area contributed by atoms with Crippen LogP contribution >= 0.6 is 0 Å². The smallest absolute Gasteiger partial charge is 0.234 e. The number of amides is 4. The van der Waals surface area contributed by atoms with Gasteiger partial charge in [0.25, 0.3) is 0 Å². The molecule has 0 spiro atoms. The van der Waals surface area contributed by atoms with Gasteiger partial charge in [0, 0.05) is 143 Å². The van der Waals surface area contributed by atoms with Crippen molar-refractivity contribution in [3.05, 3.63) is 120 Å². The normalized spacial score (nSPS) is 14.7. The fourth-order valence-electron chi connectivity index (χ4n) is 8.07. The topological polar surface area (TPSA) is 187 Å². The van der Waals surface area contributed by atoms with E-state index >= 15 is 0 Å². The first-order chi connectivity index (χ1) is 34.2. The fraction of sp³-hybridized carbons (Fsp3) is 0.538. The molecular formula is C52H78N14O4. The molecule has 4 N–H and O–H groups in total. The van der Waals surface area contributed by atoms with Gasteiger partial charge < -0.3 is 21.3 Å². The summed E-state index contributed by atoms with van der Waals surface area (Å²) in [6, 6.07) is 23.5. The molecule has 18 nitrogen and oxygen atoms in total. The number of pyridine rings is 4. The lowest BCUT2D eigenvalue weighted by atomic mass is 10.3. The van der Waals surface area contributed by atoms with Crippen LogP contribution in [0.15, 0.2) is 97.6 Å². The number of nitrogens with one attached hydrogen (secondary N) is 4. The number of carbonyl (C=O) groups excluding carboxylic acids is 4. The zero-order chi connectivity index (χ0) is 49.4. The molecule has 18 heteroatoms. The van der Waals surface area contributed by atoms with Crippen LogP contribution < -0.4 is 21.3 Å². The molecule has 1 fully saturated rings. The van der Waals surface area contributed by atoms with Crippen molar-refractivity contribution < 1.29 is 19.2 Å². The van der Waals surface area contributed by atoms with Gasteiger partial charge in [0.05, 0.1) is 49.0 Å². The van der Waals surface area contributed by atoms with Crippen molar-refractivity contribution in [2.75, 3.05) is 118 Å². The highest BCUT2D eigenvalue weighted by atomic mass is 16.2. The monoisotopic (exact) mass is 963 g/mol. The minimum Gasteiger partial charge on any atom is -0.355 e. The molecule has 380 valence electrons. The number of unbranched alkanes of at least 4 members (excludes halogenated alkanes) is 2. The summed E-state index contributed by atoms with van der Waals surface area (Å²) >= 11 is 0. The molecule has 70 heavy (non-hydrogen) atoms. The summed E-state index contributed by atoms with van der Waals surface area (Å²) in [4.78, 5) is 85.0. The zero-order valence-corrected chi connectivity index (χ0v) is 41.7. The summed E-state index contributed by atoms with van der Waals surface area (Å²) in [6.07, 6.45) is 10.9. The molecule has 0 bridgehead atoms. The molecule has 4 aromatic rings. The van der Waals surface area contributed by atoms with Crippen molar-refractivity contribution in [3.63, 3.8) is 0 Å². The first-order valence-electron chi connectivity index (χ1n) is 25.2. The Kier molecular flexibility index (Phi) is 26.0. The summed E-state index contributed by atoms with van der Waals surface area (Å²) in [5.41, 5.74) is 3.76. The van der Waals surface area contributed by atoms with Crippen LogP contribution in [-0.2, 0) is 45.4 Å². The largest absolute Gasteiger partial charge is 0.355 e. The second-order valence-electron chi connectivity index (χ2n) is 17.9. The van der Waals surface area contributed by atoms with Crippen molar-refractivity contribution in [3.8, 4) is 0 Å². The van der Waals surface area contributed by atoms with E-state index in [9.17, 15) is 19.2 Å². The van der Waals surface area contributed by atoms with E-state index in [2.05, 4.69) is 84.5 Å². The molecule has 1 saturated heterocycles. The summed E-state index contributed by atoms with van der Waals surface area (Å²) in [5, 5.41) is 12.4. The van der Waals surface area contributed by atoms with Crippen molar-refractivity contribution in [2.45, 2.75) is 65.7 Å². The summed E-state index contributed by atoms with van der Waals surface area (Å²) in [6.45, 7) is 15.0. The van der Waals surface area contributed by atoms with Gasteiger partial charge in [-0.25, -0.2) is 0 Å². The standard InChI is InChI=1S/C52H78N14O4/c1-3-5-19-57-49(67)41-61-29-33-63(43-51(69)59-25-27-65(37-45-15-7-11-21-53-45)38-46-16-8-12-22-54-46)35-31-62(42-50(68)58-20-6-4-2)32-36-64(34-30-61)44-52(70)60-26-28-66(39-47-17-9-13-23-55-47)40-48-18-10-14-24-56-48/h7-18,21-24H,3-6,19-20,25-44H2,1-2H3,(H,57,67)(H,58,68)(H,59,69)(H,60,70). The van der Waals surface area contributed by atoms with Gasteiger partial charge >= 0.3 is 0 Å². The lowest BCUT2D eigenvalue weighted by Crippen LogP contribution is -2.51. The maximum atomic E-state index is 13.7. The predicted octanol–water partition coefficient (Wildman–Crippen LogP) is 2.26. The Morgan fingerprint density at radius 1 is 0.414 bits per heavy atom. The van der Waals surface area contributed by atoms with Crippen molar-refractivity contribution >= 4 is 23.6 Å². The minimum atomic E-state index is -0.0933. The minimum absolute atomic E-state index is 0.0451. The number of aromatic nitrogens is 4. The highest BCUT2D eigenvalue weighted by Gasteiger charge is 2.22. The second-order valence-corrected chi connectivity index (χ2v) is 17.9. The third-order valence-corrected chi connectivity index (χ3v) is 12.1. The van der Waals surface area contributed by atoms with Gasteiger partial charge in [-0.2, -0.15) is 0 Å². The second kappa shape index (κ2) is 32.9. The molecular weight excluding hydrogens is 885 g/mol. The van der Waals surface area contributed by atoms with E-state index in [-0.39, 0.29) is 49.8 Å².